The number of hydrogen-bond donors (Lipinski definition) is 1. The molecule has 2 unspecified atom stereocenters. The molecule has 1 N–H and O–H groups in total. The second-order valence-corrected chi connectivity index (χ2v) is 7.41. The number of nitrogens with zero attached hydrogens (tertiary/aromatic N) is 2. The van der Waals surface area contributed by atoms with Crippen LogP contribution in [-0.2, 0) is 6.54 Å². The van der Waals surface area contributed by atoms with Crippen LogP contribution >= 0.6 is 0 Å². The molecular weight excluding hydrogens is 316 g/mol. The van der Waals surface area contributed by atoms with Gasteiger partial charge < -0.3 is 19.5 Å². The van der Waals surface area contributed by atoms with Gasteiger partial charge in [-0.25, -0.2) is 0 Å². The van der Waals surface area contributed by atoms with Gasteiger partial charge >= 0.3 is 0 Å². The molecule has 0 saturated carbocycles. The van der Waals surface area contributed by atoms with Gasteiger partial charge in [-0.3, -0.25) is 4.90 Å². The van der Waals surface area contributed by atoms with Crippen LogP contribution in [-0.4, -0.2) is 68.5 Å². The number of piperidine rings is 1. The summed E-state index contributed by atoms with van der Waals surface area (Å²) >= 11 is 0. The third-order valence-corrected chi connectivity index (χ3v) is 5.71. The van der Waals surface area contributed by atoms with Gasteiger partial charge in [-0.15, -0.1) is 0 Å². The summed E-state index contributed by atoms with van der Waals surface area (Å²) in [6.45, 7) is 6.68. The molecule has 5 nitrogen and oxygen atoms in total. The number of likely N-dealkylation sites (tertiary alicyclic amines) is 2. The van der Waals surface area contributed by atoms with Crippen molar-refractivity contribution in [3.05, 3.63) is 23.8 Å². The van der Waals surface area contributed by atoms with Crippen molar-refractivity contribution in [1.82, 2.24) is 9.80 Å². The molecule has 0 aromatic heterocycles. The van der Waals surface area contributed by atoms with Crippen LogP contribution in [0.1, 0.15) is 24.8 Å². The summed E-state index contributed by atoms with van der Waals surface area (Å²) < 4.78 is 11.0. The topological polar surface area (TPSA) is 45.2 Å². The van der Waals surface area contributed by atoms with Crippen molar-refractivity contribution < 1.29 is 14.6 Å². The zero-order chi connectivity index (χ0) is 17.6. The van der Waals surface area contributed by atoms with E-state index in [1.165, 1.54) is 32.4 Å². The van der Waals surface area contributed by atoms with Gasteiger partial charge in [0.2, 0.25) is 0 Å². The van der Waals surface area contributed by atoms with E-state index in [-0.39, 0.29) is 6.61 Å². The van der Waals surface area contributed by atoms with Crippen LogP contribution in [0.15, 0.2) is 18.2 Å². The van der Waals surface area contributed by atoms with Gasteiger partial charge in [-0.2, -0.15) is 0 Å². The molecule has 140 valence electrons. The fourth-order valence-electron chi connectivity index (χ4n) is 4.37. The first kappa shape index (κ1) is 18.5. The molecule has 2 aliphatic heterocycles. The minimum atomic E-state index is 0.282. The van der Waals surface area contributed by atoms with Crippen LogP contribution in [0.2, 0.25) is 0 Å². The van der Waals surface area contributed by atoms with Crippen LogP contribution in [0.25, 0.3) is 0 Å². The summed E-state index contributed by atoms with van der Waals surface area (Å²) in [6, 6.07) is 6.05. The van der Waals surface area contributed by atoms with Crippen molar-refractivity contribution in [2.75, 3.05) is 53.6 Å². The second-order valence-electron chi connectivity index (χ2n) is 7.41. The molecule has 1 aromatic rings. The van der Waals surface area contributed by atoms with Gasteiger partial charge in [0.1, 0.15) is 0 Å². The van der Waals surface area contributed by atoms with Crippen LogP contribution < -0.4 is 9.47 Å². The molecular formula is C20H32N2O3. The molecule has 2 saturated heterocycles. The Hall–Kier alpha value is -1.30. The summed E-state index contributed by atoms with van der Waals surface area (Å²) in [5, 5.41) is 9.84. The standard InChI is InChI=1S/C20H32N2O3/c1-24-19-8-6-7-16(20(19)25-2)11-22-13-17(18(14-22)15-23)12-21-9-4-3-5-10-21/h6-8,17-18,23H,3-5,9-15H2,1-2H3. The highest BCUT2D eigenvalue weighted by Crippen LogP contribution is 2.33. The lowest BCUT2D eigenvalue weighted by Crippen LogP contribution is -2.37. The minimum Gasteiger partial charge on any atom is -0.493 e. The SMILES string of the molecule is COc1cccc(CN2CC(CO)C(CN3CCCCC3)C2)c1OC. The third-order valence-electron chi connectivity index (χ3n) is 5.71. The molecule has 2 atom stereocenters. The number of aliphatic hydroxyl groups is 1. The Morgan fingerprint density at radius 2 is 1.76 bits per heavy atom. The Balaban J connectivity index is 1.64. The van der Waals surface area contributed by atoms with Gasteiger partial charge in [0.25, 0.3) is 0 Å². The normalized spacial score (nSPS) is 25.2. The van der Waals surface area contributed by atoms with Gasteiger partial charge in [0.15, 0.2) is 11.5 Å². The maximum absolute atomic E-state index is 9.84. The van der Waals surface area contributed by atoms with Crippen molar-refractivity contribution in [1.29, 1.82) is 0 Å². The predicted molar refractivity (Wildman–Crippen MR) is 99.2 cm³/mol. The van der Waals surface area contributed by atoms with Crippen LogP contribution in [0.5, 0.6) is 11.5 Å². The Morgan fingerprint density at radius 3 is 2.44 bits per heavy atom. The predicted octanol–water partition coefficient (Wildman–Crippen LogP) is 2.23. The van der Waals surface area contributed by atoms with Crippen LogP contribution in [0.3, 0.4) is 0 Å². The van der Waals surface area contributed by atoms with E-state index >= 15 is 0 Å². The van der Waals surface area contributed by atoms with Crippen molar-refractivity contribution in [3.63, 3.8) is 0 Å². The van der Waals surface area contributed by atoms with E-state index < -0.39 is 0 Å². The van der Waals surface area contributed by atoms with Crippen molar-refractivity contribution >= 4 is 0 Å². The molecule has 1 aromatic carbocycles. The van der Waals surface area contributed by atoms with Gasteiger partial charge in [-0.05, 0) is 43.8 Å². The highest BCUT2D eigenvalue weighted by Gasteiger charge is 2.34. The number of methoxy groups -OCH3 is 2. The maximum atomic E-state index is 9.84. The lowest BCUT2D eigenvalue weighted by molar-refractivity contribution is 0.149. The highest BCUT2D eigenvalue weighted by molar-refractivity contribution is 5.46. The first-order valence-electron chi connectivity index (χ1n) is 9.50. The molecule has 0 spiro atoms. The lowest BCUT2D eigenvalue weighted by Gasteiger charge is -2.30. The van der Waals surface area contributed by atoms with E-state index in [1.807, 2.05) is 12.1 Å². The summed E-state index contributed by atoms with van der Waals surface area (Å²) in [6.07, 6.45) is 4.01. The van der Waals surface area contributed by atoms with Crippen molar-refractivity contribution in [3.8, 4) is 11.5 Å². The number of aliphatic hydroxyl groups excluding tert-OH is 1. The average Bonchev–Trinajstić information content (AvgIpc) is 3.03. The van der Waals surface area contributed by atoms with Crippen LogP contribution in [0, 0.1) is 11.8 Å². The molecule has 2 aliphatic rings. The number of rotatable bonds is 7. The minimum absolute atomic E-state index is 0.282. The Bertz CT molecular complexity index is 546. The average molecular weight is 348 g/mol. The van der Waals surface area contributed by atoms with Crippen molar-refractivity contribution in [2.24, 2.45) is 11.8 Å². The summed E-state index contributed by atoms with van der Waals surface area (Å²) in [5.74, 6) is 2.53. The summed E-state index contributed by atoms with van der Waals surface area (Å²) in [7, 11) is 3.37. The molecule has 5 heteroatoms. The Labute approximate surface area is 151 Å². The van der Waals surface area contributed by atoms with Crippen molar-refractivity contribution in [2.45, 2.75) is 25.8 Å². The molecule has 0 amide bonds. The van der Waals surface area contributed by atoms with E-state index in [0.29, 0.717) is 11.8 Å². The number of benzene rings is 1. The highest BCUT2D eigenvalue weighted by atomic mass is 16.5. The Morgan fingerprint density at radius 1 is 1.00 bits per heavy atom. The summed E-state index contributed by atoms with van der Waals surface area (Å²) in [5.41, 5.74) is 1.15. The number of ether oxygens (including phenoxy) is 2. The zero-order valence-corrected chi connectivity index (χ0v) is 15.6. The molecule has 0 bridgehead atoms. The van der Waals surface area contributed by atoms with Crippen LogP contribution in [0.4, 0.5) is 0 Å². The van der Waals surface area contributed by atoms with E-state index in [9.17, 15) is 5.11 Å². The summed E-state index contributed by atoms with van der Waals surface area (Å²) in [4.78, 5) is 5.04. The number of hydrogen-bond acceptors (Lipinski definition) is 5. The molecule has 0 aliphatic carbocycles. The van der Waals surface area contributed by atoms with E-state index in [4.69, 9.17) is 9.47 Å². The Kier molecular flexibility index (Phi) is 6.57. The van der Waals surface area contributed by atoms with E-state index in [2.05, 4.69) is 15.9 Å². The van der Waals surface area contributed by atoms with Gasteiger partial charge in [0, 0.05) is 38.3 Å². The lowest BCUT2D eigenvalue weighted by atomic mass is 9.95. The fourth-order valence-corrected chi connectivity index (χ4v) is 4.37. The first-order valence-corrected chi connectivity index (χ1v) is 9.50. The first-order chi connectivity index (χ1) is 12.2. The molecule has 0 radical (unpaired) electrons. The smallest absolute Gasteiger partial charge is 0.165 e. The molecule has 25 heavy (non-hydrogen) atoms. The molecule has 2 fully saturated rings. The zero-order valence-electron chi connectivity index (χ0n) is 15.6. The van der Waals surface area contributed by atoms with E-state index in [1.54, 1.807) is 14.2 Å². The molecule has 2 heterocycles. The quantitative estimate of drug-likeness (QED) is 0.819. The van der Waals surface area contributed by atoms with E-state index in [0.717, 1.165) is 43.2 Å². The monoisotopic (exact) mass is 348 g/mol. The molecule has 3 rings (SSSR count). The third kappa shape index (κ3) is 4.46. The maximum Gasteiger partial charge on any atom is 0.165 e. The fraction of sp³-hybridized carbons (Fsp3) is 0.700. The number of para-hydroxylation sites is 1. The second kappa shape index (κ2) is 8.88. The van der Waals surface area contributed by atoms with Gasteiger partial charge in [0.05, 0.1) is 14.2 Å². The largest absolute Gasteiger partial charge is 0.493 e. The van der Waals surface area contributed by atoms with Gasteiger partial charge in [-0.1, -0.05) is 18.6 Å².